The Morgan fingerprint density at radius 2 is 2.15 bits per heavy atom. The first-order valence-electron chi connectivity index (χ1n) is 4.20. The lowest BCUT2D eigenvalue weighted by atomic mass is 9.90. The number of rotatable bonds is 2. The molecule has 3 N–H and O–H groups in total. The van der Waals surface area contributed by atoms with Crippen LogP contribution in [0.5, 0.6) is 5.75 Å². The Hall–Kier alpha value is -1.28. The van der Waals surface area contributed by atoms with Crippen LogP contribution in [0.1, 0.15) is 18.1 Å². The summed E-state index contributed by atoms with van der Waals surface area (Å²) >= 11 is 0. The summed E-state index contributed by atoms with van der Waals surface area (Å²) < 4.78 is 0. The molecule has 2 nitrogen and oxygen atoms in total. The Morgan fingerprint density at radius 3 is 2.62 bits per heavy atom. The van der Waals surface area contributed by atoms with Gasteiger partial charge in [-0.05, 0) is 37.1 Å². The molecule has 1 aromatic rings. The van der Waals surface area contributed by atoms with Crippen molar-refractivity contribution in [3.05, 3.63) is 42.0 Å². The van der Waals surface area contributed by atoms with Crippen molar-refractivity contribution < 1.29 is 5.11 Å². The van der Waals surface area contributed by atoms with Gasteiger partial charge in [0.15, 0.2) is 0 Å². The van der Waals surface area contributed by atoms with Crippen LogP contribution in [0.15, 0.2) is 30.9 Å². The van der Waals surface area contributed by atoms with E-state index in [2.05, 4.69) is 6.58 Å². The lowest BCUT2D eigenvalue weighted by molar-refractivity contribution is 0.473. The van der Waals surface area contributed by atoms with Crippen molar-refractivity contribution in [1.82, 2.24) is 0 Å². The zero-order valence-electron chi connectivity index (χ0n) is 8.04. The van der Waals surface area contributed by atoms with Gasteiger partial charge in [0.1, 0.15) is 5.75 Å². The molecule has 1 rings (SSSR count). The van der Waals surface area contributed by atoms with Crippen molar-refractivity contribution >= 4 is 0 Å². The molecule has 0 spiro atoms. The molecule has 0 radical (unpaired) electrons. The average Bonchev–Trinajstić information content (AvgIpc) is 2.03. The lowest BCUT2D eigenvalue weighted by Crippen LogP contribution is -2.30. The maximum Gasteiger partial charge on any atom is 0.115 e. The van der Waals surface area contributed by atoms with Crippen LogP contribution in [-0.4, -0.2) is 5.11 Å². The standard InChI is InChI=1S/C11H15NO/c1-4-11(3,12)10-6-5-9(13)7-8(10)2/h4-7,13H,1,12H2,2-3H3/t11-/m1/s1. The first kappa shape index (κ1) is 9.81. The van der Waals surface area contributed by atoms with E-state index in [0.717, 1.165) is 11.1 Å². The highest BCUT2D eigenvalue weighted by Gasteiger charge is 2.18. The van der Waals surface area contributed by atoms with Gasteiger partial charge in [0.05, 0.1) is 5.54 Å². The molecular weight excluding hydrogens is 162 g/mol. The van der Waals surface area contributed by atoms with Crippen molar-refractivity contribution in [1.29, 1.82) is 0 Å². The molecule has 0 unspecified atom stereocenters. The molecule has 1 atom stereocenters. The lowest BCUT2D eigenvalue weighted by Gasteiger charge is -2.22. The number of benzene rings is 1. The summed E-state index contributed by atoms with van der Waals surface area (Å²) in [7, 11) is 0. The molecule has 0 fully saturated rings. The van der Waals surface area contributed by atoms with E-state index in [1.807, 2.05) is 19.9 Å². The van der Waals surface area contributed by atoms with Crippen LogP contribution in [0, 0.1) is 6.92 Å². The van der Waals surface area contributed by atoms with Gasteiger partial charge in [-0.25, -0.2) is 0 Å². The molecule has 13 heavy (non-hydrogen) atoms. The van der Waals surface area contributed by atoms with Crippen molar-refractivity contribution in [3.63, 3.8) is 0 Å². The molecular formula is C11H15NO. The Kier molecular flexibility index (Phi) is 2.43. The van der Waals surface area contributed by atoms with Gasteiger partial charge in [-0.15, -0.1) is 6.58 Å². The molecule has 1 aromatic carbocycles. The van der Waals surface area contributed by atoms with E-state index in [9.17, 15) is 5.11 Å². The van der Waals surface area contributed by atoms with Gasteiger partial charge >= 0.3 is 0 Å². The van der Waals surface area contributed by atoms with Crippen LogP contribution in [0.25, 0.3) is 0 Å². The highest BCUT2D eigenvalue weighted by molar-refractivity contribution is 5.39. The minimum atomic E-state index is -0.530. The Morgan fingerprint density at radius 1 is 1.54 bits per heavy atom. The third-order valence-corrected chi connectivity index (χ3v) is 2.21. The second-order valence-electron chi connectivity index (χ2n) is 3.49. The fourth-order valence-electron chi connectivity index (χ4n) is 1.36. The van der Waals surface area contributed by atoms with Crippen LogP contribution >= 0.6 is 0 Å². The van der Waals surface area contributed by atoms with Crippen molar-refractivity contribution in [2.45, 2.75) is 19.4 Å². The molecule has 0 aliphatic heterocycles. The highest BCUT2D eigenvalue weighted by Crippen LogP contribution is 2.25. The maximum atomic E-state index is 9.21. The maximum absolute atomic E-state index is 9.21. The quantitative estimate of drug-likeness (QED) is 0.679. The molecule has 70 valence electrons. The van der Waals surface area contributed by atoms with E-state index < -0.39 is 5.54 Å². The van der Waals surface area contributed by atoms with E-state index in [-0.39, 0.29) is 5.75 Å². The van der Waals surface area contributed by atoms with E-state index in [1.54, 1.807) is 18.2 Å². The van der Waals surface area contributed by atoms with Crippen LogP contribution < -0.4 is 5.73 Å². The number of phenolic OH excluding ortho intramolecular Hbond substituents is 1. The number of aryl methyl sites for hydroxylation is 1. The third-order valence-electron chi connectivity index (χ3n) is 2.21. The average molecular weight is 177 g/mol. The fraction of sp³-hybridized carbons (Fsp3) is 0.273. The van der Waals surface area contributed by atoms with E-state index in [1.165, 1.54) is 0 Å². The van der Waals surface area contributed by atoms with E-state index >= 15 is 0 Å². The molecule has 0 bridgehead atoms. The zero-order valence-corrected chi connectivity index (χ0v) is 8.04. The minimum absolute atomic E-state index is 0.265. The van der Waals surface area contributed by atoms with Crippen molar-refractivity contribution in [2.24, 2.45) is 5.73 Å². The molecule has 0 aromatic heterocycles. The fourth-order valence-corrected chi connectivity index (χ4v) is 1.36. The third kappa shape index (κ3) is 1.90. The monoisotopic (exact) mass is 177 g/mol. The van der Waals surface area contributed by atoms with Crippen molar-refractivity contribution in [2.75, 3.05) is 0 Å². The highest BCUT2D eigenvalue weighted by atomic mass is 16.3. The Balaban J connectivity index is 3.23. The van der Waals surface area contributed by atoms with Crippen LogP contribution in [-0.2, 0) is 5.54 Å². The number of aromatic hydroxyl groups is 1. The summed E-state index contributed by atoms with van der Waals surface area (Å²) in [6, 6.07) is 5.16. The minimum Gasteiger partial charge on any atom is -0.508 e. The summed E-state index contributed by atoms with van der Waals surface area (Å²) in [5.41, 5.74) is 7.42. The largest absolute Gasteiger partial charge is 0.508 e. The van der Waals surface area contributed by atoms with E-state index in [4.69, 9.17) is 5.73 Å². The van der Waals surface area contributed by atoms with Crippen LogP contribution in [0.2, 0.25) is 0 Å². The van der Waals surface area contributed by atoms with Crippen LogP contribution in [0.3, 0.4) is 0 Å². The van der Waals surface area contributed by atoms with E-state index in [0.29, 0.717) is 0 Å². The van der Waals surface area contributed by atoms with Gasteiger partial charge in [0, 0.05) is 0 Å². The van der Waals surface area contributed by atoms with Gasteiger partial charge in [-0.2, -0.15) is 0 Å². The topological polar surface area (TPSA) is 46.2 Å². The predicted octanol–water partition coefficient (Wildman–Crippen LogP) is 2.06. The molecule has 0 aliphatic rings. The first-order chi connectivity index (χ1) is 5.97. The molecule has 2 heteroatoms. The first-order valence-corrected chi connectivity index (χ1v) is 4.20. The summed E-state index contributed by atoms with van der Waals surface area (Å²) in [6.45, 7) is 7.49. The molecule has 0 aliphatic carbocycles. The second-order valence-corrected chi connectivity index (χ2v) is 3.49. The number of hydrogen-bond acceptors (Lipinski definition) is 2. The Bertz CT molecular complexity index is 329. The van der Waals surface area contributed by atoms with Gasteiger partial charge in [0.2, 0.25) is 0 Å². The summed E-state index contributed by atoms with van der Waals surface area (Å²) in [5, 5.41) is 9.21. The van der Waals surface area contributed by atoms with Gasteiger partial charge in [0.25, 0.3) is 0 Å². The van der Waals surface area contributed by atoms with Gasteiger partial charge in [-0.3, -0.25) is 0 Å². The van der Waals surface area contributed by atoms with Gasteiger partial charge in [-0.1, -0.05) is 12.1 Å². The number of phenols is 1. The zero-order chi connectivity index (χ0) is 10.1. The molecule has 0 amide bonds. The molecule has 0 saturated carbocycles. The SMILES string of the molecule is C=C[C@@](C)(N)c1ccc(O)cc1C. The predicted molar refractivity (Wildman–Crippen MR) is 54.6 cm³/mol. The molecule has 0 saturated heterocycles. The normalized spacial score (nSPS) is 15.0. The summed E-state index contributed by atoms with van der Waals surface area (Å²) in [4.78, 5) is 0. The van der Waals surface area contributed by atoms with Gasteiger partial charge < -0.3 is 10.8 Å². The second kappa shape index (κ2) is 3.23. The molecule has 0 heterocycles. The summed E-state index contributed by atoms with van der Waals surface area (Å²) in [5.74, 6) is 0.265. The Labute approximate surface area is 78.7 Å². The van der Waals surface area contributed by atoms with Crippen LogP contribution in [0.4, 0.5) is 0 Å². The smallest absolute Gasteiger partial charge is 0.115 e. The number of hydrogen-bond donors (Lipinski definition) is 2. The number of nitrogens with two attached hydrogens (primary N) is 1. The summed E-state index contributed by atoms with van der Waals surface area (Å²) in [6.07, 6.45) is 1.70. The van der Waals surface area contributed by atoms with Crippen molar-refractivity contribution in [3.8, 4) is 5.75 Å².